The van der Waals surface area contributed by atoms with Crippen LogP contribution in [0.4, 0.5) is 11.5 Å². The van der Waals surface area contributed by atoms with Gasteiger partial charge in [0.15, 0.2) is 0 Å². The second-order valence-electron chi connectivity index (χ2n) is 4.10. The summed E-state index contributed by atoms with van der Waals surface area (Å²) in [6.45, 7) is 7.47. The zero-order valence-corrected chi connectivity index (χ0v) is 11.5. The SMILES string of the molecule is CCCn1nc(C)c(N)c1NCCOCCOC. The number of nitrogens with zero attached hydrogens (tertiary/aromatic N) is 2. The van der Waals surface area contributed by atoms with E-state index in [0.717, 1.165) is 30.2 Å². The first-order valence-corrected chi connectivity index (χ1v) is 6.34. The maximum Gasteiger partial charge on any atom is 0.148 e. The molecule has 0 unspecified atom stereocenters. The first-order chi connectivity index (χ1) is 8.70. The second kappa shape index (κ2) is 7.94. The Hall–Kier alpha value is -1.27. The van der Waals surface area contributed by atoms with Gasteiger partial charge in [-0.15, -0.1) is 0 Å². The van der Waals surface area contributed by atoms with Crippen molar-refractivity contribution in [3.05, 3.63) is 5.69 Å². The first-order valence-electron chi connectivity index (χ1n) is 6.34. The number of anilines is 2. The highest BCUT2D eigenvalue weighted by Gasteiger charge is 2.10. The molecule has 3 N–H and O–H groups in total. The minimum absolute atomic E-state index is 0.612. The summed E-state index contributed by atoms with van der Waals surface area (Å²) in [5.74, 6) is 0.893. The molecule has 104 valence electrons. The van der Waals surface area contributed by atoms with Gasteiger partial charge in [0.05, 0.1) is 31.2 Å². The Morgan fingerprint density at radius 3 is 2.78 bits per heavy atom. The Morgan fingerprint density at radius 2 is 2.11 bits per heavy atom. The van der Waals surface area contributed by atoms with Gasteiger partial charge < -0.3 is 20.5 Å². The van der Waals surface area contributed by atoms with Crippen molar-refractivity contribution < 1.29 is 9.47 Å². The third-order valence-electron chi connectivity index (χ3n) is 2.58. The van der Waals surface area contributed by atoms with Gasteiger partial charge in [0, 0.05) is 20.2 Å². The molecule has 0 saturated heterocycles. The van der Waals surface area contributed by atoms with E-state index >= 15 is 0 Å². The van der Waals surface area contributed by atoms with E-state index in [1.807, 2.05) is 11.6 Å². The van der Waals surface area contributed by atoms with Crippen LogP contribution in [0.1, 0.15) is 19.0 Å². The number of nitrogens with two attached hydrogens (primary N) is 1. The Balaban J connectivity index is 2.40. The standard InChI is InChI=1S/C12H24N4O2/c1-4-6-16-12(11(13)10(2)15-16)14-5-7-18-9-8-17-3/h14H,4-9,13H2,1-3H3. The lowest BCUT2D eigenvalue weighted by Gasteiger charge is -2.10. The molecule has 18 heavy (non-hydrogen) atoms. The normalized spacial score (nSPS) is 10.8. The molecule has 0 aliphatic carbocycles. The highest BCUT2D eigenvalue weighted by Crippen LogP contribution is 2.22. The molecule has 0 radical (unpaired) electrons. The van der Waals surface area contributed by atoms with Crippen molar-refractivity contribution >= 4 is 11.5 Å². The Kier molecular flexibility index (Phi) is 6.53. The van der Waals surface area contributed by atoms with Gasteiger partial charge in [0.2, 0.25) is 0 Å². The van der Waals surface area contributed by atoms with Crippen molar-refractivity contribution in [1.82, 2.24) is 9.78 Å². The molecule has 0 aromatic carbocycles. The van der Waals surface area contributed by atoms with Crippen LogP contribution >= 0.6 is 0 Å². The van der Waals surface area contributed by atoms with Gasteiger partial charge in [-0.3, -0.25) is 0 Å². The summed E-state index contributed by atoms with van der Waals surface area (Å²) in [6.07, 6.45) is 1.03. The van der Waals surface area contributed by atoms with Crippen LogP contribution in [0.15, 0.2) is 0 Å². The molecule has 0 fully saturated rings. The fourth-order valence-corrected chi connectivity index (χ4v) is 1.64. The molecule has 1 aromatic rings. The van der Waals surface area contributed by atoms with Crippen molar-refractivity contribution in [1.29, 1.82) is 0 Å². The molecule has 0 amide bonds. The van der Waals surface area contributed by atoms with Crippen molar-refractivity contribution in [2.75, 3.05) is 44.5 Å². The molecule has 1 aromatic heterocycles. The highest BCUT2D eigenvalue weighted by atomic mass is 16.5. The summed E-state index contributed by atoms with van der Waals surface area (Å²) < 4.78 is 12.2. The summed E-state index contributed by atoms with van der Waals surface area (Å²) in [4.78, 5) is 0. The third-order valence-corrected chi connectivity index (χ3v) is 2.58. The van der Waals surface area contributed by atoms with Gasteiger partial charge in [-0.25, -0.2) is 4.68 Å². The molecular formula is C12H24N4O2. The van der Waals surface area contributed by atoms with E-state index in [2.05, 4.69) is 17.3 Å². The first kappa shape index (κ1) is 14.8. The lowest BCUT2D eigenvalue weighted by atomic mass is 10.4. The maximum absolute atomic E-state index is 5.99. The van der Waals surface area contributed by atoms with E-state index in [4.69, 9.17) is 15.2 Å². The molecule has 0 aliphatic rings. The van der Waals surface area contributed by atoms with Crippen molar-refractivity contribution in [2.45, 2.75) is 26.8 Å². The highest BCUT2D eigenvalue weighted by molar-refractivity contribution is 5.64. The number of hydrogen-bond acceptors (Lipinski definition) is 5. The third kappa shape index (κ3) is 4.19. The van der Waals surface area contributed by atoms with Gasteiger partial charge in [-0.05, 0) is 13.3 Å². The molecular weight excluding hydrogens is 232 g/mol. The van der Waals surface area contributed by atoms with Crippen molar-refractivity contribution in [3.63, 3.8) is 0 Å². The minimum Gasteiger partial charge on any atom is -0.394 e. The van der Waals surface area contributed by atoms with Crippen LogP contribution in [0.5, 0.6) is 0 Å². The monoisotopic (exact) mass is 256 g/mol. The fourth-order valence-electron chi connectivity index (χ4n) is 1.64. The molecule has 0 saturated carbocycles. The van der Waals surface area contributed by atoms with Crippen LogP contribution in [0.2, 0.25) is 0 Å². The maximum atomic E-state index is 5.99. The van der Waals surface area contributed by atoms with Gasteiger partial charge in [0.1, 0.15) is 5.82 Å². The summed E-state index contributed by atoms with van der Waals surface area (Å²) in [7, 11) is 1.66. The lowest BCUT2D eigenvalue weighted by molar-refractivity contribution is 0.0759. The molecule has 1 rings (SSSR count). The van der Waals surface area contributed by atoms with Crippen LogP contribution in [-0.2, 0) is 16.0 Å². The van der Waals surface area contributed by atoms with E-state index in [-0.39, 0.29) is 0 Å². The Bertz CT molecular complexity index is 352. The Morgan fingerprint density at radius 1 is 1.33 bits per heavy atom. The molecule has 6 nitrogen and oxygen atoms in total. The summed E-state index contributed by atoms with van der Waals surface area (Å²) in [5, 5.41) is 7.67. The number of methoxy groups -OCH3 is 1. The number of aromatic nitrogens is 2. The predicted molar refractivity (Wildman–Crippen MR) is 72.9 cm³/mol. The largest absolute Gasteiger partial charge is 0.394 e. The predicted octanol–water partition coefficient (Wildman–Crippen LogP) is 1.26. The summed E-state index contributed by atoms with van der Waals surface area (Å²) in [6, 6.07) is 0. The molecule has 6 heteroatoms. The van der Waals surface area contributed by atoms with Crippen molar-refractivity contribution in [2.24, 2.45) is 0 Å². The van der Waals surface area contributed by atoms with Crippen molar-refractivity contribution in [3.8, 4) is 0 Å². The molecule has 0 aliphatic heterocycles. The van der Waals surface area contributed by atoms with E-state index in [1.165, 1.54) is 0 Å². The van der Waals surface area contributed by atoms with Crippen LogP contribution < -0.4 is 11.1 Å². The van der Waals surface area contributed by atoms with Crippen LogP contribution in [0, 0.1) is 6.92 Å². The number of hydrogen-bond donors (Lipinski definition) is 2. The van der Waals surface area contributed by atoms with E-state index in [9.17, 15) is 0 Å². The molecule has 1 heterocycles. The number of aryl methyl sites for hydroxylation is 2. The van der Waals surface area contributed by atoms with Crippen LogP contribution in [0.25, 0.3) is 0 Å². The van der Waals surface area contributed by atoms with E-state index in [1.54, 1.807) is 7.11 Å². The number of ether oxygens (including phenoxy) is 2. The topological polar surface area (TPSA) is 74.3 Å². The van der Waals surface area contributed by atoms with Gasteiger partial charge >= 0.3 is 0 Å². The molecule has 0 atom stereocenters. The zero-order chi connectivity index (χ0) is 13.4. The quantitative estimate of drug-likeness (QED) is 0.651. The van der Waals surface area contributed by atoms with Gasteiger partial charge in [0.25, 0.3) is 0 Å². The smallest absolute Gasteiger partial charge is 0.148 e. The van der Waals surface area contributed by atoms with Crippen LogP contribution in [-0.4, -0.2) is 43.3 Å². The average Bonchev–Trinajstić information content (AvgIpc) is 2.61. The summed E-state index contributed by atoms with van der Waals surface area (Å²) in [5.41, 5.74) is 7.58. The Labute approximate surface area is 108 Å². The number of rotatable bonds is 9. The van der Waals surface area contributed by atoms with E-state index in [0.29, 0.717) is 26.4 Å². The number of nitrogen functional groups attached to an aromatic ring is 1. The minimum atomic E-state index is 0.612. The fraction of sp³-hybridized carbons (Fsp3) is 0.750. The van der Waals surface area contributed by atoms with Gasteiger partial charge in [-0.1, -0.05) is 6.92 Å². The number of nitrogens with one attached hydrogen (secondary N) is 1. The van der Waals surface area contributed by atoms with E-state index < -0.39 is 0 Å². The second-order valence-corrected chi connectivity index (χ2v) is 4.10. The molecule has 0 spiro atoms. The summed E-state index contributed by atoms with van der Waals surface area (Å²) >= 11 is 0. The lowest BCUT2D eigenvalue weighted by Crippen LogP contribution is -2.15. The zero-order valence-electron chi connectivity index (χ0n) is 11.5. The van der Waals surface area contributed by atoms with Gasteiger partial charge in [-0.2, -0.15) is 5.10 Å². The van der Waals surface area contributed by atoms with Crippen LogP contribution in [0.3, 0.4) is 0 Å². The molecule has 0 bridgehead atoms. The average molecular weight is 256 g/mol.